The first kappa shape index (κ1) is 35.7. The molecule has 2 aromatic heterocycles. The fraction of sp³-hybridized carbons (Fsp3) is 0.244. The van der Waals surface area contributed by atoms with Crippen molar-refractivity contribution in [3.63, 3.8) is 0 Å². The van der Waals surface area contributed by atoms with E-state index >= 15 is 0 Å². The number of aromatic nitrogens is 4. The van der Waals surface area contributed by atoms with Crippen LogP contribution in [0.5, 0.6) is 11.5 Å². The van der Waals surface area contributed by atoms with Gasteiger partial charge >= 0.3 is 6.03 Å². The van der Waals surface area contributed by atoms with Crippen LogP contribution in [0.1, 0.15) is 33.3 Å². The number of aliphatic hydroxyl groups excluding tert-OH is 1. The number of likely N-dealkylation sites (tertiary alicyclic amines) is 1. The summed E-state index contributed by atoms with van der Waals surface area (Å²) in [6, 6.07) is 32.6. The standard InChI is InChI=1S/C41H39N7O7/c1-42-39(51)47-22-40(23-54-41(27-12-8-5-9-13-27,28-14-18-30(52-2)19-15-28)29-16-20-31(53-3)21-17-29)34(49)33(47)38(55-40)48-25-45-32-35(43-24-44-36(32)48)46-37(50)26-10-6-4-7-11-26/h4-21,24-25,33-34,38,49H,22-23H2,1-3H3,(H,42,51)(H,43,44,46,50)/t33-,34+,38-,40-/m1/s1. The maximum Gasteiger partial charge on any atom is 0.317 e. The number of hydrogen-bond acceptors (Lipinski definition) is 10. The monoisotopic (exact) mass is 741 g/mol. The van der Waals surface area contributed by atoms with Gasteiger partial charge in [0.05, 0.1) is 33.7 Å². The van der Waals surface area contributed by atoms with Gasteiger partial charge in [-0.3, -0.25) is 9.36 Å². The lowest BCUT2D eigenvalue weighted by Gasteiger charge is -2.41. The molecule has 14 heteroatoms. The largest absolute Gasteiger partial charge is 0.497 e. The second-order valence-electron chi connectivity index (χ2n) is 13.4. The third kappa shape index (κ3) is 6.09. The van der Waals surface area contributed by atoms with Crippen LogP contribution in [0.2, 0.25) is 0 Å². The highest BCUT2D eigenvalue weighted by Gasteiger charge is 2.66. The van der Waals surface area contributed by atoms with E-state index in [1.807, 2.05) is 84.9 Å². The Labute approximate surface area is 316 Å². The Morgan fingerprint density at radius 3 is 2.05 bits per heavy atom. The van der Waals surface area contributed by atoms with Crippen molar-refractivity contribution in [1.82, 2.24) is 29.7 Å². The van der Waals surface area contributed by atoms with Gasteiger partial charge in [-0.2, -0.15) is 0 Å². The van der Waals surface area contributed by atoms with Crippen LogP contribution in [0.25, 0.3) is 11.2 Å². The molecule has 4 heterocycles. The predicted octanol–water partition coefficient (Wildman–Crippen LogP) is 4.76. The number of nitrogens with one attached hydrogen (secondary N) is 2. The van der Waals surface area contributed by atoms with E-state index in [1.165, 1.54) is 19.7 Å². The average Bonchev–Trinajstić information content (AvgIpc) is 3.89. The van der Waals surface area contributed by atoms with Crippen LogP contribution in [0.15, 0.2) is 122 Å². The van der Waals surface area contributed by atoms with Gasteiger partial charge in [-0.15, -0.1) is 0 Å². The first-order valence-electron chi connectivity index (χ1n) is 17.7. The Morgan fingerprint density at radius 1 is 0.855 bits per heavy atom. The number of ether oxygens (including phenoxy) is 4. The average molecular weight is 742 g/mol. The Hall–Kier alpha value is -6.35. The molecule has 0 aliphatic carbocycles. The Balaban J connectivity index is 1.19. The van der Waals surface area contributed by atoms with Crippen molar-refractivity contribution >= 4 is 28.9 Å². The minimum atomic E-state index is -1.39. The number of urea groups is 1. The molecule has 4 aromatic carbocycles. The second kappa shape index (κ2) is 14.5. The van der Waals surface area contributed by atoms with Crippen molar-refractivity contribution in [3.05, 3.63) is 144 Å². The number of amides is 3. The highest BCUT2D eigenvalue weighted by molar-refractivity contribution is 6.06. The zero-order valence-electron chi connectivity index (χ0n) is 30.3. The van der Waals surface area contributed by atoms with Gasteiger partial charge in [0.25, 0.3) is 5.91 Å². The molecule has 2 aliphatic heterocycles. The molecular formula is C41H39N7O7. The number of hydrogen-bond donors (Lipinski definition) is 3. The van der Waals surface area contributed by atoms with E-state index in [2.05, 4.69) is 25.6 Å². The van der Waals surface area contributed by atoms with Gasteiger partial charge in [-0.1, -0.05) is 72.8 Å². The highest BCUT2D eigenvalue weighted by Crippen LogP contribution is 2.50. The van der Waals surface area contributed by atoms with Crippen LogP contribution < -0.4 is 20.1 Å². The number of nitrogens with zero attached hydrogens (tertiary/aromatic N) is 5. The minimum absolute atomic E-state index is 0.0328. The van der Waals surface area contributed by atoms with E-state index in [-0.39, 0.29) is 24.9 Å². The molecule has 3 N–H and O–H groups in total. The lowest BCUT2D eigenvalue weighted by molar-refractivity contribution is -0.172. The number of anilines is 1. The minimum Gasteiger partial charge on any atom is -0.497 e. The Kier molecular flexibility index (Phi) is 9.38. The third-order valence-corrected chi connectivity index (χ3v) is 10.4. The molecule has 2 bridgehead atoms. The SMILES string of the molecule is CNC(=O)N1C[C@]2(COC(c3ccccc3)(c3ccc(OC)cc3)c3ccc(OC)cc3)O[C@@H](n3cnc4c(NC(=O)c5ccccc5)ncnc43)[C@H]1[C@@H]2O. The maximum absolute atomic E-state index is 13.5. The molecule has 0 spiro atoms. The van der Waals surface area contributed by atoms with Crippen LogP contribution >= 0.6 is 0 Å². The summed E-state index contributed by atoms with van der Waals surface area (Å²) >= 11 is 0. The lowest BCUT2D eigenvalue weighted by atomic mass is 9.79. The summed E-state index contributed by atoms with van der Waals surface area (Å²) < 4.78 is 26.7. The van der Waals surface area contributed by atoms with Crippen LogP contribution in [-0.2, 0) is 15.1 Å². The molecular weight excluding hydrogens is 702 g/mol. The van der Waals surface area contributed by atoms with Crippen LogP contribution in [0.4, 0.5) is 10.6 Å². The number of carbonyl (C=O) groups is 2. The van der Waals surface area contributed by atoms with E-state index in [9.17, 15) is 14.7 Å². The van der Waals surface area contributed by atoms with E-state index < -0.39 is 35.6 Å². The number of carbonyl (C=O) groups excluding carboxylic acids is 2. The summed E-state index contributed by atoms with van der Waals surface area (Å²) in [6.45, 7) is -0.104. The zero-order chi connectivity index (χ0) is 38.2. The summed E-state index contributed by atoms with van der Waals surface area (Å²) in [7, 11) is 4.76. The number of morpholine rings is 1. The van der Waals surface area contributed by atoms with Gasteiger partial charge in [-0.25, -0.2) is 19.7 Å². The molecule has 3 amide bonds. The smallest absolute Gasteiger partial charge is 0.317 e. The number of rotatable bonds is 11. The first-order valence-corrected chi connectivity index (χ1v) is 17.7. The van der Waals surface area contributed by atoms with Crippen LogP contribution in [0, 0.1) is 0 Å². The van der Waals surface area contributed by atoms with Gasteiger partial charge < -0.3 is 39.6 Å². The molecule has 0 unspecified atom stereocenters. The first-order chi connectivity index (χ1) is 26.8. The molecule has 6 aromatic rings. The topological polar surface area (TPSA) is 162 Å². The van der Waals surface area contributed by atoms with Crippen LogP contribution in [-0.4, -0.2) is 93.6 Å². The summed E-state index contributed by atoms with van der Waals surface area (Å²) in [5.41, 5.74) is 0.910. The van der Waals surface area contributed by atoms with E-state index in [0.717, 1.165) is 16.7 Å². The Morgan fingerprint density at radius 2 is 1.45 bits per heavy atom. The van der Waals surface area contributed by atoms with Gasteiger partial charge in [0.2, 0.25) is 0 Å². The molecule has 4 atom stereocenters. The number of imidazole rings is 1. The fourth-order valence-electron chi connectivity index (χ4n) is 7.64. The molecule has 55 heavy (non-hydrogen) atoms. The Bertz CT molecular complexity index is 2260. The van der Waals surface area contributed by atoms with Crippen molar-refractivity contribution in [2.45, 2.75) is 29.6 Å². The number of aliphatic hydroxyl groups is 1. The van der Waals surface area contributed by atoms with Crippen molar-refractivity contribution < 1.29 is 33.6 Å². The summed E-state index contributed by atoms with van der Waals surface area (Å²) in [5.74, 6) is 1.19. The molecule has 14 nitrogen and oxygen atoms in total. The molecule has 0 radical (unpaired) electrons. The summed E-state index contributed by atoms with van der Waals surface area (Å²) in [4.78, 5) is 41.4. The van der Waals surface area contributed by atoms with Crippen molar-refractivity contribution in [3.8, 4) is 11.5 Å². The van der Waals surface area contributed by atoms with Gasteiger partial charge in [-0.05, 0) is 53.1 Å². The maximum atomic E-state index is 13.5. The van der Waals surface area contributed by atoms with Crippen molar-refractivity contribution in [2.75, 3.05) is 39.7 Å². The number of benzene rings is 4. The van der Waals surface area contributed by atoms with Crippen LogP contribution in [0.3, 0.4) is 0 Å². The molecule has 280 valence electrons. The summed E-state index contributed by atoms with van der Waals surface area (Å²) in [5, 5.41) is 17.7. The molecule has 2 fully saturated rings. The molecule has 0 saturated carbocycles. The number of methoxy groups -OCH3 is 2. The predicted molar refractivity (Wildman–Crippen MR) is 202 cm³/mol. The zero-order valence-corrected chi connectivity index (χ0v) is 30.3. The quantitative estimate of drug-likeness (QED) is 0.158. The third-order valence-electron chi connectivity index (χ3n) is 10.4. The summed E-state index contributed by atoms with van der Waals surface area (Å²) in [6.07, 6.45) is 0.703. The van der Waals surface area contributed by atoms with E-state index in [0.29, 0.717) is 28.2 Å². The van der Waals surface area contributed by atoms with E-state index in [1.54, 1.807) is 48.0 Å². The van der Waals surface area contributed by atoms with Gasteiger partial charge in [0, 0.05) is 12.6 Å². The van der Waals surface area contributed by atoms with Gasteiger partial charge in [0.15, 0.2) is 23.2 Å². The molecule has 8 rings (SSSR count). The number of fused-ring (bicyclic) bond motifs is 3. The van der Waals surface area contributed by atoms with E-state index in [4.69, 9.17) is 18.9 Å². The lowest BCUT2D eigenvalue weighted by Crippen LogP contribution is -2.53. The molecule has 2 aliphatic rings. The normalized spacial score (nSPS) is 20.4. The van der Waals surface area contributed by atoms with Gasteiger partial charge in [0.1, 0.15) is 41.2 Å². The fourth-order valence-corrected chi connectivity index (χ4v) is 7.64. The highest BCUT2D eigenvalue weighted by atomic mass is 16.6. The second-order valence-corrected chi connectivity index (χ2v) is 13.4. The van der Waals surface area contributed by atoms with Crippen molar-refractivity contribution in [1.29, 1.82) is 0 Å². The molecule has 2 saturated heterocycles. The van der Waals surface area contributed by atoms with Crippen molar-refractivity contribution in [2.24, 2.45) is 0 Å².